The molecule has 7 heteroatoms. The number of aryl methyl sites for hydroxylation is 2. The highest BCUT2D eigenvalue weighted by Gasteiger charge is 2.21. The molecule has 0 saturated heterocycles. The van der Waals surface area contributed by atoms with Crippen molar-refractivity contribution < 1.29 is 9.32 Å². The Labute approximate surface area is 141 Å². The summed E-state index contributed by atoms with van der Waals surface area (Å²) in [5, 5.41) is 14.2. The summed E-state index contributed by atoms with van der Waals surface area (Å²) in [6.07, 6.45) is 7.71. The molecule has 1 fully saturated rings. The maximum absolute atomic E-state index is 12.4. The highest BCUT2D eigenvalue weighted by atomic mass is 16.5. The van der Waals surface area contributed by atoms with E-state index in [0.717, 1.165) is 35.7 Å². The zero-order valence-electron chi connectivity index (χ0n) is 14.5. The van der Waals surface area contributed by atoms with Crippen LogP contribution in [0, 0.1) is 13.8 Å². The minimum Gasteiger partial charge on any atom is -0.361 e. The number of carbonyl (C=O) groups is 1. The van der Waals surface area contributed by atoms with E-state index in [0.29, 0.717) is 6.04 Å². The summed E-state index contributed by atoms with van der Waals surface area (Å²) in [5.41, 5.74) is 1.72. The fraction of sp³-hybridized carbons (Fsp3) is 0.588. The summed E-state index contributed by atoms with van der Waals surface area (Å²) >= 11 is 0. The average molecular weight is 331 g/mol. The van der Waals surface area contributed by atoms with Gasteiger partial charge in [-0.25, -0.2) is 9.48 Å². The Bertz CT molecular complexity index is 680. The molecule has 1 aliphatic rings. The summed E-state index contributed by atoms with van der Waals surface area (Å²) in [6, 6.07) is 1.79. The number of aromatic nitrogens is 3. The van der Waals surface area contributed by atoms with Crippen molar-refractivity contribution in [3.05, 3.63) is 29.3 Å². The van der Waals surface area contributed by atoms with Gasteiger partial charge in [0, 0.05) is 11.6 Å². The molecule has 24 heavy (non-hydrogen) atoms. The van der Waals surface area contributed by atoms with Crippen LogP contribution in [-0.4, -0.2) is 21.0 Å². The first kappa shape index (κ1) is 16.5. The molecule has 0 spiro atoms. The topological polar surface area (TPSA) is 85.0 Å². The predicted octanol–water partition coefficient (Wildman–Crippen LogP) is 3.88. The number of urea groups is 1. The standard InChI is InChI=1S/C17H25N5O2/c1-11(16-12(2)21-24-13(16)3)19-17(23)20-15-9-10-18-22(15)14-7-5-4-6-8-14/h9-11,14H,4-8H2,1-3H3,(H2,19,20,23)/t11-/m1/s1. The zero-order valence-corrected chi connectivity index (χ0v) is 14.5. The molecular formula is C17H25N5O2. The quantitative estimate of drug-likeness (QED) is 0.890. The molecule has 0 aromatic carbocycles. The molecule has 3 rings (SSSR count). The van der Waals surface area contributed by atoms with Crippen molar-refractivity contribution in [2.75, 3.05) is 5.32 Å². The average Bonchev–Trinajstić information content (AvgIpc) is 3.14. The van der Waals surface area contributed by atoms with E-state index < -0.39 is 0 Å². The second-order valence-electron chi connectivity index (χ2n) is 6.51. The van der Waals surface area contributed by atoms with Crippen molar-refractivity contribution in [2.45, 2.75) is 65.0 Å². The molecule has 7 nitrogen and oxygen atoms in total. The van der Waals surface area contributed by atoms with Crippen molar-refractivity contribution in [1.29, 1.82) is 0 Å². The number of anilines is 1. The summed E-state index contributed by atoms with van der Waals surface area (Å²) in [5.74, 6) is 1.47. The van der Waals surface area contributed by atoms with Gasteiger partial charge in [0.15, 0.2) is 0 Å². The van der Waals surface area contributed by atoms with E-state index >= 15 is 0 Å². The van der Waals surface area contributed by atoms with E-state index in [9.17, 15) is 4.79 Å². The van der Waals surface area contributed by atoms with E-state index in [1.54, 1.807) is 6.20 Å². The second kappa shape index (κ2) is 7.07. The Morgan fingerprint density at radius 2 is 2.08 bits per heavy atom. The monoisotopic (exact) mass is 331 g/mol. The van der Waals surface area contributed by atoms with Gasteiger partial charge in [-0.1, -0.05) is 24.4 Å². The molecule has 0 unspecified atom stereocenters. The third-order valence-corrected chi connectivity index (χ3v) is 4.70. The molecular weight excluding hydrogens is 306 g/mol. The lowest BCUT2D eigenvalue weighted by Crippen LogP contribution is -2.32. The molecule has 2 aromatic rings. The molecule has 2 amide bonds. The van der Waals surface area contributed by atoms with Gasteiger partial charge in [-0.3, -0.25) is 5.32 Å². The smallest absolute Gasteiger partial charge is 0.320 e. The number of amides is 2. The van der Waals surface area contributed by atoms with Crippen LogP contribution in [0.1, 0.15) is 68.1 Å². The Balaban J connectivity index is 1.64. The molecule has 2 heterocycles. The maximum Gasteiger partial charge on any atom is 0.320 e. The zero-order chi connectivity index (χ0) is 17.1. The van der Waals surface area contributed by atoms with E-state index in [-0.39, 0.29) is 12.1 Å². The lowest BCUT2D eigenvalue weighted by Gasteiger charge is -2.24. The normalized spacial score (nSPS) is 16.8. The molecule has 0 aliphatic heterocycles. The largest absolute Gasteiger partial charge is 0.361 e. The lowest BCUT2D eigenvalue weighted by molar-refractivity contribution is 0.248. The SMILES string of the molecule is Cc1noc(C)c1[C@@H](C)NC(=O)Nc1ccnn1C1CCCCC1. The molecule has 0 radical (unpaired) electrons. The minimum atomic E-state index is -0.250. The maximum atomic E-state index is 12.4. The van der Waals surface area contributed by atoms with Crippen LogP contribution in [0.4, 0.5) is 10.6 Å². The molecule has 130 valence electrons. The fourth-order valence-electron chi connectivity index (χ4n) is 3.56. The van der Waals surface area contributed by atoms with Gasteiger partial charge in [-0.2, -0.15) is 5.10 Å². The highest BCUT2D eigenvalue weighted by Crippen LogP contribution is 2.30. The van der Waals surface area contributed by atoms with Gasteiger partial charge >= 0.3 is 6.03 Å². The van der Waals surface area contributed by atoms with Gasteiger partial charge in [0.2, 0.25) is 0 Å². The van der Waals surface area contributed by atoms with E-state index in [2.05, 4.69) is 20.9 Å². The molecule has 1 aliphatic carbocycles. The van der Waals surface area contributed by atoms with E-state index in [1.807, 2.05) is 31.5 Å². The summed E-state index contributed by atoms with van der Waals surface area (Å²) in [6.45, 7) is 5.65. The van der Waals surface area contributed by atoms with Crippen LogP contribution in [-0.2, 0) is 0 Å². The van der Waals surface area contributed by atoms with Crippen molar-refractivity contribution in [3.63, 3.8) is 0 Å². The van der Waals surface area contributed by atoms with Crippen LogP contribution in [0.3, 0.4) is 0 Å². The van der Waals surface area contributed by atoms with Crippen LogP contribution in [0.2, 0.25) is 0 Å². The first-order valence-electron chi connectivity index (χ1n) is 8.60. The third kappa shape index (κ3) is 3.44. The van der Waals surface area contributed by atoms with Crippen LogP contribution < -0.4 is 10.6 Å². The van der Waals surface area contributed by atoms with Crippen LogP contribution in [0.25, 0.3) is 0 Å². The second-order valence-corrected chi connectivity index (χ2v) is 6.51. The molecule has 1 saturated carbocycles. The number of nitrogens with one attached hydrogen (secondary N) is 2. The number of nitrogens with zero attached hydrogens (tertiary/aromatic N) is 3. The number of hydrogen-bond donors (Lipinski definition) is 2. The number of carbonyl (C=O) groups excluding carboxylic acids is 1. The van der Waals surface area contributed by atoms with Gasteiger partial charge in [0.1, 0.15) is 11.6 Å². The first-order valence-corrected chi connectivity index (χ1v) is 8.60. The van der Waals surface area contributed by atoms with Gasteiger partial charge in [-0.05, 0) is 33.6 Å². The van der Waals surface area contributed by atoms with E-state index in [1.165, 1.54) is 19.3 Å². The Kier molecular flexibility index (Phi) is 4.87. The molecule has 2 aromatic heterocycles. The summed E-state index contributed by atoms with van der Waals surface area (Å²) in [4.78, 5) is 12.4. The fourth-order valence-corrected chi connectivity index (χ4v) is 3.56. The van der Waals surface area contributed by atoms with Crippen LogP contribution in [0.15, 0.2) is 16.8 Å². The van der Waals surface area contributed by atoms with Crippen molar-refractivity contribution in [1.82, 2.24) is 20.3 Å². The Hall–Kier alpha value is -2.31. The number of rotatable bonds is 4. The highest BCUT2D eigenvalue weighted by molar-refractivity contribution is 5.88. The van der Waals surface area contributed by atoms with E-state index in [4.69, 9.17) is 4.52 Å². The summed E-state index contributed by atoms with van der Waals surface area (Å²) < 4.78 is 7.11. The van der Waals surface area contributed by atoms with Crippen LogP contribution in [0.5, 0.6) is 0 Å². The first-order chi connectivity index (χ1) is 11.6. The minimum absolute atomic E-state index is 0.178. The predicted molar refractivity (Wildman–Crippen MR) is 90.9 cm³/mol. The van der Waals surface area contributed by atoms with Gasteiger partial charge in [0.05, 0.1) is 24.0 Å². The van der Waals surface area contributed by atoms with Gasteiger partial charge < -0.3 is 9.84 Å². The Morgan fingerprint density at radius 1 is 1.33 bits per heavy atom. The van der Waals surface area contributed by atoms with Gasteiger partial charge in [0.25, 0.3) is 0 Å². The van der Waals surface area contributed by atoms with Crippen LogP contribution >= 0.6 is 0 Å². The van der Waals surface area contributed by atoms with Gasteiger partial charge in [-0.15, -0.1) is 0 Å². The lowest BCUT2D eigenvalue weighted by atomic mass is 9.96. The summed E-state index contributed by atoms with van der Waals surface area (Å²) in [7, 11) is 0. The van der Waals surface area contributed by atoms with Crippen molar-refractivity contribution in [3.8, 4) is 0 Å². The third-order valence-electron chi connectivity index (χ3n) is 4.70. The Morgan fingerprint density at radius 3 is 2.75 bits per heavy atom. The molecule has 1 atom stereocenters. The molecule has 0 bridgehead atoms. The molecule has 2 N–H and O–H groups in total. The number of hydrogen-bond acceptors (Lipinski definition) is 4. The van der Waals surface area contributed by atoms with Crippen molar-refractivity contribution >= 4 is 11.8 Å². The van der Waals surface area contributed by atoms with Crippen molar-refractivity contribution in [2.24, 2.45) is 0 Å².